The summed E-state index contributed by atoms with van der Waals surface area (Å²) in [5.41, 5.74) is 0. The quantitative estimate of drug-likeness (QED) is 0.638. The van der Waals surface area contributed by atoms with Crippen molar-refractivity contribution in [1.29, 1.82) is 0 Å². The van der Waals surface area contributed by atoms with Gasteiger partial charge >= 0.3 is 6.61 Å². The van der Waals surface area contributed by atoms with Crippen LogP contribution in [0.15, 0.2) is 0 Å². The number of ether oxygens (including phenoxy) is 1. The highest BCUT2D eigenvalue weighted by atomic mass is 19.3. The maximum absolute atomic E-state index is 13.0. The molecule has 4 heteroatoms. The smallest absolute Gasteiger partial charge is 0.317 e. The summed E-state index contributed by atoms with van der Waals surface area (Å²) >= 11 is 0. The number of hydrogen-bond donors (Lipinski definition) is 0. The van der Waals surface area contributed by atoms with E-state index in [9.17, 15) is 13.2 Å². The first-order valence-electron chi connectivity index (χ1n) is 4.17. The van der Waals surface area contributed by atoms with E-state index in [1.807, 2.05) is 6.92 Å². The minimum absolute atomic E-state index is 0.289. The second-order valence-corrected chi connectivity index (χ2v) is 3.37. The maximum Gasteiger partial charge on any atom is 0.345 e. The van der Waals surface area contributed by atoms with Crippen LogP contribution in [0.1, 0.15) is 26.2 Å². The van der Waals surface area contributed by atoms with E-state index in [1.165, 1.54) is 0 Å². The van der Waals surface area contributed by atoms with Crippen LogP contribution < -0.4 is 0 Å². The third kappa shape index (κ3) is 2.66. The molecule has 0 saturated heterocycles. The number of alkyl halides is 3. The van der Waals surface area contributed by atoms with E-state index in [-0.39, 0.29) is 5.92 Å². The lowest BCUT2D eigenvalue weighted by Gasteiger charge is -2.29. The van der Waals surface area contributed by atoms with E-state index in [2.05, 4.69) is 4.74 Å². The monoisotopic (exact) mass is 182 g/mol. The largest absolute Gasteiger partial charge is 0.345 e. The Hall–Kier alpha value is -0.250. The topological polar surface area (TPSA) is 9.23 Å². The van der Waals surface area contributed by atoms with E-state index >= 15 is 0 Å². The van der Waals surface area contributed by atoms with Gasteiger partial charge in [-0.05, 0) is 25.2 Å². The summed E-state index contributed by atoms with van der Waals surface area (Å²) in [5.74, 6) is 0.289. The van der Waals surface area contributed by atoms with Crippen molar-refractivity contribution in [2.24, 2.45) is 5.92 Å². The van der Waals surface area contributed by atoms with Gasteiger partial charge in [0, 0.05) is 0 Å². The molecule has 72 valence electrons. The first kappa shape index (κ1) is 9.84. The Balaban J connectivity index is 2.34. The molecule has 3 unspecified atom stereocenters. The first-order chi connectivity index (χ1) is 5.59. The van der Waals surface area contributed by atoms with Crippen molar-refractivity contribution in [2.75, 3.05) is 0 Å². The van der Waals surface area contributed by atoms with Gasteiger partial charge in [-0.3, -0.25) is 0 Å². The summed E-state index contributed by atoms with van der Waals surface area (Å²) in [6.45, 7) is -0.924. The molecule has 0 heterocycles. The van der Waals surface area contributed by atoms with Crippen molar-refractivity contribution in [2.45, 2.75) is 45.1 Å². The average molecular weight is 182 g/mol. The fourth-order valence-electron chi connectivity index (χ4n) is 1.57. The van der Waals surface area contributed by atoms with Crippen molar-refractivity contribution in [3.63, 3.8) is 0 Å². The van der Waals surface area contributed by atoms with Crippen molar-refractivity contribution in [1.82, 2.24) is 0 Å². The third-order valence-electron chi connectivity index (χ3n) is 2.25. The standard InChI is InChI=1S/C8H13F3O/c1-5-2-3-7(6(9)4-5)12-8(10)11/h5-8H,2-4H2,1H3. The van der Waals surface area contributed by atoms with Gasteiger partial charge in [-0.15, -0.1) is 0 Å². The SMILES string of the molecule is CC1CCC(OC(F)F)C(F)C1. The number of rotatable bonds is 2. The van der Waals surface area contributed by atoms with Crippen LogP contribution in [-0.4, -0.2) is 18.9 Å². The van der Waals surface area contributed by atoms with Crippen LogP contribution in [0.25, 0.3) is 0 Å². The molecule has 1 saturated carbocycles. The van der Waals surface area contributed by atoms with Gasteiger partial charge in [0.05, 0.1) is 6.10 Å². The minimum atomic E-state index is -2.85. The predicted molar refractivity (Wildman–Crippen MR) is 38.8 cm³/mol. The van der Waals surface area contributed by atoms with E-state index in [0.717, 1.165) is 6.42 Å². The summed E-state index contributed by atoms with van der Waals surface area (Å²) < 4.78 is 40.5. The van der Waals surface area contributed by atoms with Crippen molar-refractivity contribution < 1.29 is 17.9 Å². The fraction of sp³-hybridized carbons (Fsp3) is 1.00. The highest BCUT2D eigenvalue weighted by Gasteiger charge is 2.31. The van der Waals surface area contributed by atoms with Crippen LogP contribution in [0.3, 0.4) is 0 Å². The van der Waals surface area contributed by atoms with Gasteiger partial charge in [0.2, 0.25) is 0 Å². The summed E-state index contributed by atoms with van der Waals surface area (Å²) in [6, 6.07) is 0. The maximum atomic E-state index is 13.0. The molecule has 12 heavy (non-hydrogen) atoms. The highest BCUT2D eigenvalue weighted by molar-refractivity contribution is 4.78. The summed E-state index contributed by atoms with van der Waals surface area (Å²) in [5, 5.41) is 0. The van der Waals surface area contributed by atoms with Crippen LogP contribution in [-0.2, 0) is 4.74 Å². The fourth-order valence-corrected chi connectivity index (χ4v) is 1.57. The van der Waals surface area contributed by atoms with Gasteiger partial charge < -0.3 is 4.74 Å². The molecule has 0 aromatic rings. The van der Waals surface area contributed by atoms with Crippen LogP contribution in [0.2, 0.25) is 0 Å². The Morgan fingerprint density at radius 3 is 2.50 bits per heavy atom. The Bertz CT molecular complexity index is 140. The minimum Gasteiger partial charge on any atom is -0.317 e. The first-order valence-corrected chi connectivity index (χ1v) is 4.17. The lowest BCUT2D eigenvalue weighted by Crippen LogP contribution is -2.33. The molecule has 0 aromatic heterocycles. The molecule has 0 aromatic carbocycles. The molecule has 1 nitrogen and oxygen atoms in total. The molecule has 3 atom stereocenters. The molecule has 0 aliphatic heterocycles. The van der Waals surface area contributed by atoms with E-state index < -0.39 is 18.9 Å². The van der Waals surface area contributed by atoms with Gasteiger partial charge in [-0.2, -0.15) is 8.78 Å². The molecule has 0 amide bonds. The zero-order valence-electron chi connectivity index (χ0n) is 6.97. The molecular formula is C8H13F3O. The summed E-state index contributed by atoms with van der Waals surface area (Å²) in [6.07, 6.45) is -0.578. The lowest BCUT2D eigenvalue weighted by atomic mass is 9.87. The van der Waals surface area contributed by atoms with Crippen LogP contribution in [0.4, 0.5) is 13.2 Å². The van der Waals surface area contributed by atoms with Crippen molar-refractivity contribution in [3.05, 3.63) is 0 Å². The Morgan fingerprint density at radius 1 is 1.33 bits per heavy atom. The van der Waals surface area contributed by atoms with E-state index in [0.29, 0.717) is 12.8 Å². The van der Waals surface area contributed by atoms with Gasteiger partial charge in [0.25, 0.3) is 0 Å². The van der Waals surface area contributed by atoms with Crippen LogP contribution >= 0.6 is 0 Å². The predicted octanol–water partition coefficient (Wildman–Crippen LogP) is 2.75. The average Bonchev–Trinajstić information content (AvgIpc) is 1.94. The van der Waals surface area contributed by atoms with Crippen molar-refractivity contribution >= 4 is 0 Å². The molecule has 0 N–H and O–H groups in total. The zero-order valence-corrected chi connectivity index (χ0v) is 6.97. The van der Waals surface area contributed by atoms with E-state index in [1.54, 1.807) is 0 Å². The number of hydrogen-bond acceptors (Lipinski definition) is 1. The summed E-state index contributed by atoms with van der Waals surface area (Å²) in [7, 11) is 0. The van der Waals surface area contributed by atoms with Crippen molar-refractivity contribution in [3.8, 4) is 0 Å². The Labute approximate surface area is 69.9 Å². The Kier molecular flexibility index (Phi) is 3.38. The highest BCUT2D eigenvalue weighted by Crippen LogP contribution is 2.29. The lowest BCUT2D eigenvalue weighted by molar-refractivity contribution is -0.187. The van der Waals surface area contributed by atoms with Gasteiger partial charge in [-0.1, -0.05) is 6.92 Å². The summed E-state index contributed by atoms with van der Waals surface area (Å²) in [4.78, 5) is 0. The van der Waals surface area contributed by atoms with E-state index in [4.69, 9.17) is 0 Å². The second-order valence-electron chi connectivity index (χ2n) is 3.37. The van der Waals surface area contributed by atoms with Crippen LogP contribution in [0, 0.1) is 5.92 Å². The third-order valence-corrected chi connectivity index (χ3v) is 2.25. The van der Waals surface area contributed by atoms with Crippen LogP contribution in [0.5, 0.6) is 0 Å². The molecule has 0 spiro atoms. The molecule has 1 aliphatic rings. The molecular weight excluding hydrogens is 169 g/mol. The zero-order chi connectivity index (χ0) is 9.14. The molecule has 1 aliphatic carbocycles. The molecule has 1 fully saturated rings. The molecule has 1 rings (SSSR count). The van der Waals surface area contributed by atoms with Gasteiger partial charge in [0.1, 0.15) is 6.17 Å². The normalized spacial score (nSPS) is 37.2. The van der Waals surface area contributed by atoms with Gasteiger partial charge in [-0.25, -0.2) is 4.39 Å². The molecule has 0 bridgehead atoms. The molecule has 0 radical (unpaired) electrons. The number of halogens is 3. The van der Waals surface area contributed by atoms with Gasteiger partial charge in [0.15, 0.2) is 0 Å². The second kappa shape index (κ2) is 4.12. The Morgan fingerprint density at radius 2 is 2.00 bits per heavy atom.